The first-order chi connectivity index (χ1) is 27.6. The molecule has 0 saturated carbocycles. The number of alkyl carbamates (subject to hydrolysis) is 1. The Labute approximate surface area is 349 Å². The fraction of sp³-hybridized carbons (Fsp3) is 0.683. The first kappa shape index (κ1) is 47.7. The number of aromatic nitrogens is 2. The van der Waals surface area contributed by atoms with Crippen LogP contribution in [-0.2, 0) is 38.1 Å². The van der Waals surface area contributed by atoms with Crippen LogP contribution in [0.5, 0.6) is 0 Å². The number of Topliss-reactive ketones (excluding diaryl/α,β-unsaturated/α-hetero) is 2. The van der Waals surface area contributed by atoms with E-state index in [4.69, 9.17) is 23.7 Å². The largest absolute Gasteiger partial charge is 0.457 e. The number of thioether (sulfide) groups is 1. The fourth-order valence-corrected chi connectivity index (χ4v) is 8.84. The van der Waals surface area contributed by atoms with Gasteiger partial charge in [0.1, 0.15) is 18.1 Å². The van der Waals surface area contributed by atoms with Crippen LogP contribution in [0, 0.1) is 27.9 Å². The number of hydrogen-bond donors (Lipinski definition) is 3. The topological polar surface area (TPSA) is 222 Å². The monoisotopic (exact) mass is 847 g/mol. The molecule has 11 atom stereocenters. The molecule has 328 valence electrons. The number of amides is 1. The van der Waals surface area contributed by atoms with Crippen molar-refractivity contribution in [2.75, 3.05) is 33.5 Å². The lowest BCUT2D eigenvalue weighted by Crippen LogP contribution is -2.59. The summed E-state index contributed by atoms with van der Waals surface area (Å²) in [6.07, 6.45) is -2.62. The number of carbonyl (C=O) groups excluding carboxylic acids is 4. The van der Waals surface area contributed by atoms with E-state index in [9.17, 15) is 34.4 Å². The fourth-order valence-electron chi connectivity index (χ4n) is 8.02. The smallest absolute Gasteiger partial charge is 0.408 e. The van der Waals surface area contributed by atoms with Crippen molar-refractivity contribution in [2.45, 2.75) is 134 Å². The van der Waals surface area contributed by atoms with Gasteiger partial charge in [-0.05, 0) is 92.1 Å². The molecule has 59 heavy (non-hydrogen) atoms. The Hall–Kier alpha value is -3.94. The third-order valence-corrected chi connectivity index (χ3v) is 12.4. The Morgan fingerprint density at radius 1 is 1.19 bits per heavy atom. The summed E-state index contributed by atoms with van der Waals surface area (Å²) in [4.78, 5) is 75.5. The summed E-state index contributed by atoms with van der Waals surface area (Å²) in [5.41, 5.74) is -1.56. The van der Waals surface area contributed by atoms with E-state index >= 15 is 0 Å². The molecule has 4 rings (SSSR count). The highest BCUT2D eigenvalue weighted by molar-refractivity contribution is 7.99. The summed E-state index contributed by atoms with van der Waals surface area (Å²) in [6.45, 7) is 13.5. The number of aliphatic hydroxyl groups excluding tert-OH is 1. The second kappa shape index (κ2) is 20.1. The number of cyclic esters (lactones) is 1. The van der Waals surface area contributed by atoms with Crippen LogP contribution in [0.1, 0.15) is 81.1 Å². The van der Waals surface area contributed by atoms with E-state index in [0.29, 0.717) is 34.8 Å². The standard InChI is InChI=1S/C41H61N5O12S/c1-12-31-40(7,58-39(51)42-16-13-17-59-38-43-28-15-14-27(46(52)53)19-29(28)44-38)20-22(2)32(47)23(3)21-41(8,54-11)35(25(5)33(48)26(6)36(50)56-31)57-37-34(49)30(45(9)10)18-24(4)55-37/h14-15,19-20,23-26,30-31,34-35,37,49H,12-13,16-18,21H2,1-11H3,(H,42,51)(H,43,44)/b22-20+/t23-,24-,25+,26-,30+,31-,34-,35-,37+,40+,41+/m1/s1. The van der Waals surface area contributed by atoms with Gasteiger partial charge in [0.15, 0.2) is 28.6 Å². The number of likely N-dealkylation sites (N-methyl/N-ethyl adjacent to an activating group) is 1. The summed E-state index contributed by atoms with van der Waals surface area (Å²) in [7, 11) is 5.16. The van der Waals surface area contributed by atoms with Gasteiger partial charge < -0.3 is 44.0 Å². The molecular formula is C41H61N5O12S. The molecule has 1 aromatic heterocycles. The van der Waals surface area contributed by atoms with Crippen LogP contribution in [0.4, 0.5) is 10.5 Å². The highest BCUT2D eigenvalue weighted by Gasteiger charge is 2.50. The molecule has 18 heteroatoms. The number of aromatic amines is 1. The molecule has 1 saturated heterocycles. The molecule has 2 aliphatic heterocycles. The lowest BCUT2D eigenvalue weighted by Gasteiger charge is -2.46. The highest BCUT2D eigenvalue weighted by Crippen LogP contribution is 2.38. The van der Waals surface area contributed by atoms with Crippen molar-refractivity contribution < 1.29 is 52.9 Å². The number of esters is 1. The zero-order chi connectivity index (χ0) is 44.0. The Bertz CT molecular complexity index is 1870. The highest BCUT2D eigenvalue weighted by atomic mass is 32.2. The van der Waals surface area contributed by atoms with Crippen LogP contribution in [0.25, 0.3) is 11.0 Å². The molecular weight excluding hydrogens is 787 g/mol. The van der Waals surface area contributed by atoms with Gasteiger partial charge in [-0.15, -0.1) is 0 Å². The van der Waals surface area contributed by atoms with Gasteiger partial charge in [-0.3, -0.25) is 24.5 Å². The van der Waals surface area contributed by atoms with E-state index in [1.807, 2.05) is 25.9 Å². The van der Waals surface area contributed by atoms with E-state index in [2.05, 4.69) is 15.3 Å². The minimum atomic E-state index is -1.62. The van der Waals surface area contributed by atoms with Crippen LogP contribution < -0.4 is 5.32 Å². The van der Waals surface area contributed by atoms with E-state index < -0.39 is 76.3 Å². The number of ketones is 2. The van der Waals surface area contributed by atoms with E-state index in [1.165, 1.54) is 44.0 Å². The molecule has 0 radical (unpaired) electrons. The van der Waals surface area contributed by atoms with Crippen molar-refractivity contribution in [3.8, 4) is 0 Å². The Morgan fingerprint density at radius 3 is 2.51 bits per heavy atom. The number of H-pyrrole nitrogens is 1. The summed E-state index contributed by atoms with van der Waals surface area (Å²) in [5, 5.41) is 25.8. The van der Waals surface area contributed by atoms with Gasteiger partial charge in [0.2, 0.25) is 0 Å². The molecule has 1 amide bonds. The van der Waals surface area contributed by atoms with Gasteiger partial charge in [-0.1, -0.05) is 32.5 Å². The Balaban J connectivity index is 1.54. The third kappa shape index (κ3) is 11.5. The number of nitrogens with zero attached hydrogens (tertiary/aromatic N) is 3. The van der Waals surface area contributed by atoms with Crippen molar-refractivity contribution in [3.05, 3.63) is 40.0 Å². The average molecular weight is 848 g/mol. The van der Waals surface area contributed by atoms with Crippen molar-refractivity contribution >= 4 is 52.1 Å². The lowest BCUT2D eigenvalue weighted by molar-refractivity contribution is -0.384. The summed E-state index contributed by atoms with van der Waals surface area (Å²) < 4.78 is 30.6. The second-order valence-electron chi connectivity index (χ2n) is 16.4. The first-order valence-corrected chi connectivity index (χ1v) is 21.0. The quantitative estimate of drug-likeness (QED) is 0.0610. The van der Waals surface area contributed by atoms with Crippen molar-refractivity contribution in [2.24, 2.45) is 17.8 Å². The number of nitrogens with one attached hydrogen (secondary N) is 2. The number of benzene rings is 1. The normalized spacial score (nSPS) is 33.5. The van der Waals surface area contributed by atoms with E-state index in [-0.39, 0.29) is 48.6 Å². The van der Waals surface area contributed by atoms with Crippen molar-refractivity contribution in [3.63, 3.8) is 0 Å². The maximum Gasteiger partial charge on any atom is 0.408 e. The van der Waals surface area contributed by atoms with Gasteiger partial charge in [0, 0.05) is 49.4 Å². The summed E-state index contributed by atoms with van der Waals surface area (Å²) in [5.74, 6) is -4.06. The number of allylic oxidation sites excluding steroid dienone is 1. The maximum absolute atomic E-state index is 14.2. The van der Waals surface area contributed by atoms with E-state index in [0.717, 1.165) is 0 Å². The molecule has 3 N–H and O–H groups in total. The predicted octanol–water partition coefficient (Wildman–Crippen LogP) is 5.37. The third-order valence-electron chi connectivity index (χ3n) is 11.4. The van der Waals surface area contributed by atoms with E-state index in [1.54, 1.807) is 47.6 Å². The average Bonchev–Trinajstić information content (AvgIpc) is 3.60. The van der Waals surface area contributed by atoms with Crippen LogP contribution in [-0.4, -0.2) is 130 Å². The number of fused-ring (bicyclic) bond motifs is 1. The second-order valence-corrected chi connectivity index (χ2v) is 17.5. The number of imidazole rings is 1. The summed E-state index contributed by atoms with van der Waals surface area (Å²) in [6, 6.07) is 4.09. The minimum Gasteiger partial charge on any atom is -0.457 e. The maximum atomic E-state index is 14.2. The number of aliphatic hydroxyl groups is 1. The minimum absolute atomic E-state index is 0.0444. The van der Waals surface area contributed by atoms with Crippen molar-refractivity contribution in [1.82, 2.24) is 20.2 Å². The molecule has 1 fully saturated rings. The summed E-state index contributed by atoms with van der Waals surface area (Å²) >= 11 is 1.38. The number of nitro groups is 1. The molecule has 3 heterocycles. The number of methoxy groups -OCH3 is 1. The zero-order valence-corrected chi connectivity index (χ0v) is 36.8. The SMILES string of the molecule is CC[C@H]1OC(=O)[C@H](C)C(=O)[C@H](C)[C@@H](O[C@@H]2O[C@H](C)C[C@H](N(C)C)[C@H]2O)[C@@](C)(OC)C[C@@H](C)C(=O)/C(C)=C/[C@]1(C)OC(=O)NCCCSc1nc2ccc([N+](=O)[O-])cc2[nH]1. The molecule has 0 bridgehead atoms. The zero-order valence-electron chi connectivity index (χ0n) is 35.9. The van der Waals surface area contributed by atoms with Gasteiger partial charge >= 0.3 is 12.1 Å². The number of rotatable bonds is 12. The van der Waals surface area contributed by atoms with Gasteiger partial charge in [0.05, 0.1) is 33.8 Å². The molecule has 0 unspecified atom stereocenters. The number of non-ortho nitro benzene ring substituents is 1. The Morgan fingerprint density at radius 2 is 1.88 bits per heavy atom. The number of hydrogen-bond acceptors (Lipinski definition) is 15. The molecule has 0 aliphatic carbocycles. The van der Waals surface area contributed by atoms with Crippen molar-refractivity contribution in [1.29, 1.82) is 0 Å². The predicted molar refractivity (Wildman–Crippen MR) is 220 cm³/mol. The van der Waals surface area contributed by atoms with Gasteiger partial charge in [-0.2, -0.15) is 0 Å². The van der Waals surface area contributed by atoms with Crippen LogP contribution in [0.3, 0.4) is 0 Å². The number of carbonyl (C=O) groups is 4. The molecule has 0 spiro atoms. The Kier molecular flexibility index (Phi) is 16.2. The number of nitro benzene ring substituents is 1. The van der Waals surface area contributed by atoms with Gasteiger partial charge in [0.25, 0.3) is 5.69 Å². The van der Waals surface area contributed by atoms with Gasteiger partial charge in [-0.25, -0.2) is 9.78 Å². The molecule has 17 nitrogen and oxygen atoms in total. The molecule has 1 aromatic carbocycles. The van der Waals surface area contributed by atoms with Crippen LogP contribution in [0.2, 0.25) is 0 Å². The lowest BCUT2D eigenvalue weighted by atomic mass is 9.77. The molecule has 2 aromatic rings. The van der Waals surface area contributed by atoms with Crippen LogP contribution >= 0.6 is 11.8 Å². The molecule has 2 aliphatic rings. The first-order valence-electron chi connectivity index (χ1n) is 20.1. The van der Waals surface area contributed by atoms with Crippen LogP contribution in [0.15, 0.2) is 35.0 Å². The number of ether oxygens (including phenoxy) is 5.